The highest BCUT2D eigenvalue weighted by Gasteiger charge is 2.22. The highest BCUT2D eigenvalue weighted by Crippen LogP contribution is 2.26. The molecule has 1 aliphatic heterocycles. The zero-order valence-corrected chi connectivity index (χ0v) is 16.6. The average molecular weight is 407 g/mol. The molecule has 28 heavy (non-hydrogen) atoms. The molecule has 0 saturated carbocycles. The van der Waals surface area contributed by atoms with Crippen molar-refractivity contribution in [3.63, 3.8) is 0 Å². The monoisotopic (exact) mass is 406 g/mol. The summed E-state index contributed by atoms with van der Waals surface area (Å²) in [5.41, 5.74) is 0.508. The number of carbonyl (C=O) groups is 1. The van der Waals surface area contributed by atoms with Crippen molar-refractivity contribution in [3.05, 3.63) is 58.9 Å². The van der Waals surface area contributed by atoms with Gasteiger partial charge in [0.2, 0.25) is 5.91 Å². The van der Waals surface area contributed by atoms with Crippen LogP contribution in [-0.2, 0) is 11.3 Å². The first-order chi connectivity index (χ1) is 13.6. The first-order valence-corrected chi connectivity index (χ1v) is 9.65. The summed E-state index contributed by atoms with van der Waals surface area (Å²) in [5, 5.41) is 0.437. The number of nitrogens with zero attached hydrogens (tertiary/aromatic N) is 2. The maximum absolute atomic E-state index is 13.9. The van der Waals surface area contributed by atoms with E-state index in [9.17, 15) is 9.18 Å². The van der Waals surface area contributed by atoms with Gasteiger partial charge in [-0.15, -0.1) is 0 Å². The molecule has 1 saturated heterocycles. The highest BCUT2D eigenvalue weighted by molar-refractivity contribution is 6.31. The van der Waals surface area contributed by atoms with E-state index < -0.39 is 0 Å². The molecule has 2 aromatic rings. The third-order valence-electron chi connectivity index (χ3n) is 4.81. The summed E-state index contributed by atoms with van der Waals surface area (Å²) in [6, 6.07) is 12.1. The molecule has 0 unspecified atom stereocenters. The Morgan fingerprint density at radius 3 is 2.46 bits per heavy atom. The number of para-hydroxylation sites is 2. The standard InChI is InChI=1S/C21H24ClFN2O3/c1-27-19-7-2-3-8-20(19)28-14-9-21(26)25-12-10-24(11-13-25)15-16-17(22)5-4-6-18(16)23/h2-8H,9-15H2,1H3. The number of carbonyl (C=O) groups excluding carboxylic acids is 1. The minimum atomic E-state index is -0.292. The molecule has 0 radical (unpaired) electrons. The highest BCUT2D eigenvalue weighted by atomic mass is 35.5. The van der Waals surface area contributed by atoms with Crippen LogP contribution in [-0.4, -0.2) is 55.6 Å². The van der Waals surface area contributed by atoms with Gasteiger partial charge in [0.25, 0.3) is 0 Å². The van der Waals surface area contributed by atoms with E-state index in [1.807, 2.05) is 29.2 Å². The number of amides is 1. The van der Waals surface area contributed by atoms with Crippen LogP contribution in [0.25, 0.3) is 0 Å². The predicted octanol–water partition coefficient (Wildman–Crippen LogP) is 3.60. The van der Waals surface area contributed by atoms with Crippen LogP contribution in [0.2, 0.25) is 5.02 Å². The lowest BCUT2D eigenvalue weighted by Gasteiger charge is -2.35. The molecule has 0 bridgehead atoms. The number of benzene rings is 2. The molecule has 150 valence electrons. The number of hydrogen-bond acceptors (Lipinski definition) is 4. The van der Waals surface area contributed by atoms with Crippen molar-refractivity contribution in [1.29, 1.82) is 0 Å². The molecular weight excluding hydrogens is 383 g/mol. The third kappa shape index (κ3) is 5.14. The Bertz CT molecular complexity index is 790. The molecule has 0 aromatic heterocycles. The minimum absolute atomic E-state index is 0.0541. The predicted molar refractivity (Wildman–Crippen MR) is 106 cm³/mol. The van der Waals surface area contributed by atoms with E-state index in [0.717, 1.165) is 0 Å². The molecule has 7 heteroatoms. The topological polar surface area (TPSA) is 42.0 Å². The van der Waals surface area contributed by atoms with Crippen molar-refractivity contribution in [1.82, 2.24) is 9.80 Å². The van der Waals surface area contributed by atoms with Gasteiger partial charge in [-0.3, -0.25) is 9.69 Å². The van der Waals surface area contributed by atoms with Gasteiger partial charge < -0.3 is 14.4 Å². The fraction of sp³-hybridized carbons (Fsp3) is 0.381. The van der Waals surface area contributed by atoms with E-state index in [-0.39, 0.29) is 11.7 Å². The first kappa shape index (κ1) is 20.4. The van der Waals surface area contributed by atoms with E-state index in [1.54, 1.807) is 19.2 Å². The Balaban J connectivity index is 1.44. The molecule has 1 amide bonds. The van der Waals surface area contributed by atoms with E-state index in [2.05, 4.69) is 4.90 Å². The molecule has 2 aromatic carbocycles. The van der Waals surface area contributed by atoms with Crippen LogP contribution in [0.1, 0.15) is 12.0 Å². The molecule has 1 fully saturated rings. The molecular formula is C21H24ClFN2O3. The van der Waals surface area contributed by atoms with Crippen LogP contribution in [0.15, 0.2) is 42.5 Å². The number of hydrogen-bond donors (Lipinski definition) is 0. The summed E-state index contributed by atoms with van der Waals surface area (Å²) in [6.07, 6.45) is 0.303. The quantitative estimate of drug-likeness (QED) is 0.704. The number of ether oxygens (including phenoxy) is 2. The van der Waals surface area contributed by atoms with Crippen molar-refractivity contribution >= 4 is 17.5 Å². The SMILES string of the molecule is COc1ccccc1OCCC(=O)N1CCN(Cc2c(F)cccc2Cl)CC1. The Hall–Kier alpha value is -2.31. The summed E-state index contributed by atoms with van der Waals surface area (Å²) < 4.78 is 24.9. The molecule has 1 aliphatic rings. The van der Waals surface area contributed by atoms with E-state index in [0.29, 0.717) is 67.8 Å². The number of piperazine rings is 1. The Kier molecular flexibility index (Phi) is 7.12. The van der Waals surface area contributed by atoms with E-state index in [4.69, 9.17) is 21.1 Å². The van der Waals surface area contributed by atoms with Crippen molar-refractivity contribution in [2.45, 2.75) is 13.0 Å². The molecule has 0 spiro atoms. The van der Waals surface area contributed by atoms with Gasteiger partial charge in [-0.2, -0.15) is 0 Å². The summed E-state index contributed by atoms with van der Waals surface area (Å²) in [7, 11) is 1.58. The van der Waals surface area contributed by atoms with Gasteiger partial charge in [0.05, 0.1) is 20.1 Å². The lowest BCUT2D eigenvalue weighted by Crippen LogP contribution is -2.48. The Morgan fingerprint density at radius 1 is 1.07 bits per heavy atom. The van der Waals surface area contributed by atoms with Gasteiger partial charge in [0.1, 0.15) is 5.82 Å². The maximum Gasteiger partial charge on any atom is 0.226 e. The Morgan fingerprint density at radius 2 is 1.79 bits per heavy atom. The van der Waals surface area contributed by atoms with E-state index >= 15 is 0 Å². The van der Waals surface area contributed by atoms with Crippen LogP contribution < -0.4 is 9.47 Å². The summed E-state index contributed by atoms with van der Waals surface area (Å²) >= 11 is 6.10. The van der Waals surface area contributed by atoms with Crippen molar-refractivity contribution in [2.24, 2.45) is 0 Å². The normalized spacial score (nSPS) is 14.8. The molecule has 0 N–H and O–H groups in total. The first-order valence-electron chi connectivity index (χ1n) is 9.27. The van der Waals surface area contributed by atoms with Crippen molar-refractivity contribution in [3.8, 4) is 11.5 Å². The zero-order chi connectivity index (χ0) is 19.9. The summed E-state index contributed by atoms with van der Waals surface area (Å²) in [5.74, 6) is 1.04. The van der Waals surface area contributed by atoms with Crippen LogP contribution >= 0.6 is 11.6 Å². The fourth-order valence-corrected chi connectivity index (χ4v) is 3.43. The van der Waals surface area contributed by atoms with Gasteiger partial charge in [-0.1, -0.05) is 29.8 Å². The van der Waals surface area contributed by atoms with E-state index in [1.165, 1.54) is 6.07 Å². The van der Waals surface area contributed by atoms with Gasteiger partial charge in [-0.05, 0) is 24.3 Å². The molecule has 3 rings (SSSR count). The van der Waals surface area contributed by atoms with Crippen molar-refractivity contribution < 1.29 is 18.7 Å². The smallest absolute Gasteiger partial charge is 0.226 e. The van der Waals surface area contributed by atoms with Gasteiger partial charge in [-0.25, -0.2) is 4.39 Å². The second kappa shape index (κ2) is 9.75. The average Bonchev–Trinajstić information content (AvgIpc) is 2.71. The van der Waals surface area contributed by atoms with Crippen LogP contribution in [0, 0.1) is 5.82 Å². The van der Waals surface area contributed by atoms with Gasteiger partial charge >= 0.3 is 0 Å². The lowest BCUT2D eigenvalue weighted by atomic mass is 10.1. The van der Waals surface area contributed by atoms with Crippen LogP contribution in [0.3, 0.4) is 0 Å². The number of methoxy groups -OCH3 is 1. The fourth-order valence-electron chi connectivity index (χ4n) is 3.21. The van der Waals surface area contributed by atoms with Crippen LogP contribution in [0.5, 0.6) is 11.5 Å². The third-order valence-corrected chi connectivity index (χ3v) is 5.17. The molecule has 1 heterocycles. The number of halogens is 2. The molecule has 0 aliphatic carbocycles. The Labute approximate surface area is 169 Å². The molecule has 0 atom stereocenters. The second-order valence-corrected chi connectivity index (χ2v) is 7.01. The molecule has 5 nitrogen and oxygen atoms in total. The second-order valence-electron chi connectivity index (χ2n) is 6.61. The number of rotatable bonds is 7. The maximum atomic E-state index is 13.9. The minimum Gasteiger partial charge on any atom is -0.493 e. The van der Waals surface area contributed by atoms with Crippen LogP contribution in [0.4, 0.5) is 4.39 Å². The van der Waals surface area contributed by atoms with Gasteiger partial charge in [0, 0.05) is 43.3 Å². The summed E-state index contributed by atoms with van der Waals surface area (Å²) in [4.78, 5) is 16.4. The zero-order valence-electron chi connectivity index (χ0n) is 15.9. The lowest BCUT2D eigenvalue weighted by molar-refractivity contribution is -0.133. The van der Waals surface area contributed by atoms with Gasteiger partial charge in [0.15, 0.2) is 11.5 Å². The summed E-state index contributed by atoms with van der Waals surface area (Å²) in [6.45, 7) is 3.33. The van der Waals surface area contributed by atoms with Crippen molar-refractivity contribution in [2.75, 3.05) is 39.9 Å². The largest absolute Gasteiger partial charge is 0.493 e.